The lowest BCUT2D eigenvalue weighted by molar-refractivity contribution is -0.135. The molecule has 0 aliphatic heterocycles. The molecule has 1 aromatic carbocycles. The van der Waals surface area contributed by atoms with Crippen molar-refractivity contribution in [2.45, 2.75) is 6.92 Å². The van der Waals surface area contributed by atoms with Crippen LogP contribution < -0.4 is 10.7 Å². The first-order valence-electron chi connectivity index (χ1n) is 8.88. The number of hydrogen-bond donors (Lipinski definition) is 4. The van der Waals surface area contributed by atoms with Gasteiger partial charge in [0, 0.05) is 5.38 Å². The number of amides is 2. The first-order chi connectivity index (χ1) is 15.2. The van der Waals surface area contributed by atoms with Crippen LogP contribution in [0.3, 0.4) is 0 Å². The fourth-order valence-electron chi connectivity index (χ4n) is 2.53. The zero-order valence-electron chi connectivity index (χ0n) is 16.3. The Bertz CT molecular complexity index is 1240. The smallest absolute Gasteiger partial charge is 0.322 e. The molecular formula is C20H15Cl2N3O5S2. The molecule has 0 saturated carbocycles. The third-order valence-corrected chi connectivity index (χ3v) is 6.96. The molecule has 3 rings (SSSR count). The molecule has 32 heavy (non-hydrogen) atoms. The molecule has 0 bridgehead atoms. The van der Waals surface area contributed by atoms with Crippen LogP contribution in [0.4, 0.5) is 0 Å². The van der Waals surface area contributed by atoms with E-state index >= 15 is 0 Å². The molecule has 12 heteroatoms. The number of benzene rings is 1. The minimum Gasteiger partial charge on any atom is -0.506 e. The maximum Gasteiger partial charge on any atom is 0.322 e. The maximum atomic E-state index is 12.3. The van der Waals surface area contributed by atoms with Crippen molar-refractivity contribution in [3.63, 3.8) is 0 Å². The Morgan fingerprint density at radius 1 is 1.06 bits per heavy atom. The number of thiophene rings is 2. The van der Waals surface area contributed by atoms with E-state index in [9.17, 15) is 19.5 Å². The predicted octanol–water partition coefficient (Wildman–Crippen LogP) is 4.46. The summed E-state index contributed by atoms with van der Waals surface area (Å²) in [5.41, 5.74) is 3.88. The molecule has 0 aliphatic rings. The topological polar surface area (TPSA) is 128 Å². The Kier molecular flexibility index (Phi) is 7.52. The number of aliphatic carboxylic acids is 1. The van der Waals surface area contributed by atoms with E-state index in [2.05, 4.69) is 15.8 Å². The number of rotatable bonds is 7. The molecule has 0 aliphatic carbocycles. The summed E-state index contributed by atoms with van der Waals surface area (Å²) < 4.78 is 0. The summed E-state index contributed by atoms with van der Waals surface area (Å²) in [6.45, 7) is 1.11. The maximum absolute atomic E-state index is 12.3. The van der Waals surface area contributed by atoms with Crippen molar-refractivity contribution in [2.24, 2.45) is 5.10 Å². The summed E-state index contributed by atoms with van der Waals surface area (Å²) in [5.74, 6) is -2.31. The van der Waals surface area contributed by atoms with E-state index < -0.39 is 24.3 Å². The molecule has 0 radical (unpaired) electrons. The predicted molar refractivity (Wildman–Crippen MR) is 125 cm³/mol. The van der Waals surface area contributed by atoms with Gasteiger partial charge in [0.15, 0.2) is 0 Å². The third kappa shape index (κ3) is 5.46. The van der Waals surface area contributed by atoms with E-state index in [-0.39, 0.29) is 15.5 Å². The lowest BCUT2D eigenvalue weighted by atomic mass is 10.1. The fourth-order valence-corrected chi connectivity index (χ4v) is 4.64. The van der Waals surface area contributed by atoms with Crippen LogP contribution >= 0.6 is 45.9 Å². The van der Waals surface area contributed by atoms with E-state index in [0.29, 0.717) is 31.8 Å². The molecule has 8 nitrogen and oxygen atoms in total. The molecule has 0 fully saturated rings. The first kappa shape index (κ1) is 23.7. The van der Waals surface area contributed by atoms with Crippen LogP contribution in [-0.2, 0) is 4.79 Å². The van der Waals surface area contributed by atoms with Gasteiger partial charge in [-0.1, -0.05) is 29.3 Å². The Hall–Kier alpha value is -2.92. The monoisotopic (exact) mass is 511 g/mol. The Balaban J connectivity index is 1.70. The highest BCUT2D eigenvalue weighted by molar-refractivity contribution is 7.16. The van der Waals surface area contributed by atoms with Gasteiger partial charge in [-0.05, 0) is 36.8 Å². The molecule has 0 unspecified atom stereocenters. The fraction of sp³-hybridized carbons (Fsp3) is 0.100. The van der Waals surface area contributed by atoms with Crippen LogP contribution in [-0.4, -0.2) is 40.3 Å². The van der Waals surface area contributed by atoms with Crippen LogP contribution in [0.15, 0.2) is 40.8 Å². The number of carboxylic acid groups (broad SMARTS) is 1. The van der Waals surface area contributed by atoms with Gasteiger partial charge < -0.3 is 15.5 Å². The number of nitrogens with zero attached hydrogens (tertiary/aromatic N) is 1. The van der Waals surface area contributed by atoms with Crippen molar-refractivity contribution in [1.82, 2.24) is 10.7 Å². The van der Waals surface area contributed by atoms with Gasteiger partial charge in [0.25, 0.3) is 11.8 Å². The van der Waals surface area contributed by atoms with Crippen LogP contribution in [0.25, 0.3) is 10.4 Å². The number of hydrazone groups is 1. The van der Waals surface area contributed by atoms with Crippen molar-refractivity contribution < 1.29 is 24.6 Å². The van der Waals surface area contributed by atoms with Crippen LogP contribution in [0.2, 0.25) is 10.0 Å². The number of carbonyl (C=O) groups excluding carboxylic acids is 2. The SMILES string of the molecule is C/C(=N/NC(=O)c1ccc(C(=O)NCC(=O)O)s1)c1csc(-c2ccc(Cl)c(Cl)c2)c1O. The van der Waals surface area contributed by atoms with Crippen LogP contribution in [0.5, 0.6) is 5.75 Å². The van der Waals surface area contributed by atoms with E-state index in [1.54, 1.807) is 30.5 Å². The van der Waals surface area contributed by atoms with E-state index in [1.165, 1.54) is 23.5 Å². The van der Waals surface area contributed by atoms with Crippen LogP contribution in [0, 0.1) is 0 Å². The lowest BCUT2D eigenvalue weighted by Gasteiger charge is -2.04. The Morgan fingerprint density at radius 2 is 1.75 bits per heavy atom. The second-order valence-electron chi connectivity index (χ2n) is 6.33. The summed E-state index contributed by atoms with van der Waals surface area (Å²) in [7, 11) is 0. The molecule has 2 aromatic heterocycles. The minimum absolute atomic E-state index is 0.00241. The summed E-state index contributed by atoms with van der Waals surface area (Å²) in [5, 5.41) is 27.9. The van der Waals surface area contributed by atoms with Crippen molar-refractivity contribution in [1.29, 1.82) is 0 Å². The largest absolute Gasteiger partial charge is 0.506 e. The van der Waals surface area contributed by atoms with Gasteiger partial charge in [-0.2, -0.15) is 5.10 Å². The van der Waals surface area contributed by atoms with E-state index in [0.717, 1.165) is 11.3 Å². The number of carbonyl (C=O) groups is 3. The quantitative estimate of drug-likeness (QED) is 0.275. The number of halogens is 2. The number of carboxylic acids is 1. The van der Waals surface area contributed by atoms with Crippen molar-refractivity contribution in [3.05, 3.63) is 61.1 Å². The molecule has 2 heterocycles. The molecule has 3 aromatic rings. The van der Waals surface area contributed by atoms with Gasteiger partial charge in [-0.15, -0.1) is 22.7 Å². The second-order valence-corrected chi connectivity index (χ2v) is 9.11. The zero-order chi connectivity index (χ0) is 23.4. The minimum atomic E-state index is -1.17. The lowest BCUT2D eigenvalue weighted by Crippen LogP contribution is -2.28. The van der Waals surface area contributed by atoms with Crippen LogP contribution in [0.1, 0.15) is 31.8 Å². The van der Waals surface area contributed by atoms with E-state index in [1.807, 2.05) is 0 Å². The molecule has 0 spiro atoms. The van der Waals surface area contributed by atoms with Gasteiger partial charge in [0.1, 0.15) is 12.3 Å². The average molecular weight is 512 g/mol. The van der Waals surface area contributed by atoms with Gasteiger partial charge >= 0.3 is 5.97 Å². The molecule has 0 atom stereocenters. The van der Waals surface area contributed by atoms with Crippen molar-refractivity contribution in [2.75, 3.05) is 6.54 Å². The highest BCUT2D eigenvalue weighted by atomic mass is 35.5. The Morgan fingerprint density at radius 3 is 2.41 bits per heavy atom. The highest BCUT2D eigenvalue weighted by Gasteiger charge is 2.17. The molecule has 2 amide bonds. The summed E-state index contributed by atoms with van der Waals surface area (Å²) in [6.07, 6.45) is 0. The number of aromatic hydroxyl groups is 1. The highest BCUT2D eigenvalue weighted by Crippen LogP contribution is 2.40. The first-order valence-corrected chi connectivity index (χ1v) is 11.3. The Labute approximate surface area is 200 Å². The van der Waals surface area contributed by atoms with Gasteiger partial charge in [0.2, 0.25) is 0 Å². The zero-order valence-corrected chi connectivity index (χ0v) is 19.5. The average Bonchev–Trinajstić information content (AvgIpc) is 3.39. The number of nitrogens with one attached hydrogen (secondary N) is 2. The standard InChI is InChI=1S/C20H15Cl2N3O5S2/c1-9(11-8-31-18(17(11)28)10-2-3-12(21)13(22)6-10)24-25-20(30)15-5-4-14(32-15)19(29)23-7-16(26)27/h2-6,8,28H,7H2,1H3,(H,23,29)(H,25,30)(H,26,27)/b24-9-. The van der Waals surface area contributed by atoms with Gasteiger partial charge in [-0.3, -0.25) is 14.4 Å². The summed E-state index contributed by atoms with van der Waals surface area (Å²) in [6, 6.07) is 7.87. The van der Waals surface area contributed by atoms with Gasteiger partial charge in [-0.25, -0.2) is 5.43 Å². The van der Waals surface area contributed by atoms with Crippen molar-refractivity contribution >= 4 is 69.4 Å². The molecule has 166 valence electrons. The molecular weight excluding hydrogens is 497 g/mol. The van der Waals surface area contributed by atoms with Gasteiger partial charge in [0.05, 0.1) is 36.0 Å². The molecule has 0 saturated heterocycles. The van der Waals surface area contributed by atoms with Crippen molar-refractivity contribution in [3.8, 4) is 16.2 Å². The van der Waals surface area contributed by atoms with E-state index in [4.69, 9.17) is 28.3 Å². The summed E-state index contributed by atoms with van der Waals surface area (Å²) >= 11 is 14.2. The normalized spacial score (nSPS) is 11.3. The number of hydrogen-bond acceptors (Lipinski definition) is 7. The summed E-state index contributed by atoms with van der Waals surface area (Å²) in [4.78, 5) is 35.7. The second kappa shape index (κ2) is 10.1. The molecule has 4 N–H and O–H groups in total. The third-order valence-electron chi connectivity index (χ3n) is 4.12.